The molecule has 5 rings (SSSR count). The fourth-order valence-corrected chi connectivity index (χ4v) is 5.13. The first-order valence-corrected chi connectivity index (χ1v) is 12.1. The number of fused-ring (bicyclic) bond motifs is 3. The summed E-state index contributed by atoms with van der Waals surface area (Å²) in [6.07, 6.45) is 5.64. The molecule has 0 radical (unpaired) electrons. The summed E-state index contributed by atoms with van der Waals surface area (Å²) in [4.78, 5) is 39.7. The van der Waals surface area contributed by atoms with Crippen LogP contribution in [0.25, 0.3) is 10.9 Å². The van der Waals surface area contributed by atoms with Crippen LogP contribution in [0.4, 0.5) is 11.4 Å². The van der Waals surface area contributed by atoms with Gasteiger partial charge in [-0.15, -0.1) is 0 Å². The lowest BCUT2D eigenvalue weighted by molar-refractivity contribution is -0.119. The molecule has 1 fully saturated rings. The average Bonchev–Trinajstić information content (AvgIpc) is 3.43. The number of hydrogen-bond donors (Lipinski definition) is 2. The molecule has 0 saturated carbocycles. The van der Waals surface area contributed by atoms with Gasteiger partial charge in [-0.05, 0) is 69.4 Å². The van der Waals surface area contributed by atoms with Gasteiger partial charge in [0, 0.05) is 41.8 Å². The first-order chi connectivity index (χ1) is 16.4. The molecule has 176 valence electrons. The van der Waals surface area contributed by atoms with Crippen LogP contribution >= 0.6 is 0 Å². The van der Waals surface area contributed by atoms with E-state index in [1.807, 2.05) is 0 Å². The summed E-state index contributed by atoms with van der Waals surface area (Å²) in [5, 5.41) is 7.03. The predicted octanol–water partition coefficient (Wildman–Crippen LogP) is 4.74. The van der Waals surface area contributed by atoms with Crippen molar-refractivity contribution < 1.29 is 14.4 Å². The third-order valence-electron chi connectivity index (χ3n) is 6.84. The van der Waals surface area contributed by atoms with E-state index in [1.54, 1.807) is 23.1 Å². The summed E-state index contributed by atoms with van der Waals surface area (Å²) in [5.41, 5.74) is 3.98. The SMILES string of the molecule is CC(C)n1cc(CCCC(=O)Nc2ccc3c(c2)C(=O)N2CCC[C@H]2C(=O)N3)c2ccccc21. The Labute approximate surface area is 199 Å². The van der Waals surface area contributed by atoms with E-state index in [0.717, 1.165) is 19.3 Å². The van der Waals surface area contributed by atoms with E-state index in [0.29, 0.717) is 42.4 Å². The Balaban J connectivity index is 1.24. The van der Waals surface area contributed by atoms with Crippen LogP contribution < -0.4 is 10.6 Å². The van der Waals surface area contributed by atoms with Crippen LogP contribution in [0.2, 0.25) is 0 Å². The van der Waals surface area contributed by atoms with Crippen LogP contribution in [0.5, 0.6) is 0 Å². The Morgan fingerprint density at radius 2 is 2.00 bits per heavy atom. The molecule has 34 heavy (non-hydrogen) atoms. The van der Waals surface area contributed by atoms with Gasteiger partial charge in [0.2, 0.25) is 11.8 Å². The minimum atomic E-state index is -0.403. The van der Waals surface area contributed by atoms with Gasteiger partial charge in [-0.1, -0.05) is 18.2 Å². The van der Waals surface area contributed by atoms with E-state index in [1.165, 1.54) is 16.5 Å². The molecule has 0 spiro atoms. The lowest BCUT2D eigenvalue weighted by Gasteiger charge is -2.20. The number of rotatable bonds is 6. The molecule has 3 aromatic rings. The first-order valence-electron chi connectivity index (χ1n) is 12.1. The molecule has 2 aromatic carbocycles. The van der Waals surface area contributed by atoms with Crippen molar-refractivity contribution in [1.82, 2.24) is 9.47 Å². The number of carbonyl (C=O) groups is 3. The van der Waals surface area contributed by atoms with E-state index in [-0.39, 0.29) is 17.7 Å². The standard InChI is InChI=1S/C27H30N4O3/c1-17(2)31-16-18(20-8-3-4-9-23(20)31)7-5-11-25(32)28-19-12-13-22-21(15-19)27(34)30-14-6-10-24(30)26(33)29-22/h3-4,8-9,12-13,15-17,24H,5-7,10-11,14H2,1-2H3,(H,28,32)(H,29,33)/t24-/m0/s1. The largest absolute Gasteiger partial charge is 0.345 e. The maximum absolute atomic E-state index is 13.0. The van der Waals surface area contributed by atoms with Gasteiger partial charge in [-0.2, -0.15) is 0 Å². The summed E-state index contributed by atoms with van der Waals surface area (Å²) >= 11 is 0. The summed E-state index contributed by atoms with van der Waals surface area (Å²) in [5.74, 6) is -0.384. The maximum Gasteiger partial charge on any atom is 0.256 e. The van der Waals surface area contributed by atoms with Gasteiger partial charge in [0.25, 0.3) is 5.91 Å². The second-order valence-corrected chi connectivity index (χ2v) is 9.48. The number of nitrogens with one attached hydrogen (secondary N) is 2. The molecular formula is C27H30N4O3. The van der Waals surface area contributed by atoms with Crippen molar-refractivity contribution >= 4 is 40.0 Å². The van der Waals surface area contributed by atoms with Crippen molar-refractivity contribution in [3.8, 4) is 0 Å². The van der Waals surface area contributed by atoms with E-state index >= 15 is 0 Å². The van der Waals surface area contributed by atoms with Crippen LogP contribution in [0.1, 0.15) is 61.5 Å². The fourth-order valence-electron chi connectivity index (χ4n) is 5.13. The number of anilines is 2. The van der Waals surface area contributed by atoms with E-state index in [4.69, 9.17) is 0 Å². The number of para-hydroxylation sites is 1. The van der Waals surface area contributed by atoms with Crippen molar-refractivity contribution in [2.45, 2.75) is 58.0 Å². The van der Waals surface area contributed by atoms with E-state index in [9.17, 15) is 14.4 Å². The average molecular weight is 459 g/mol. The van der Waals surface area contributed by atoms with Crippen LogP contribution in [0.15, 0.2) is 48.7 Å². The van der Waals surface area contributed by atoms with Gasteiger partial charge < -0.3 is 20.1 Å². The Morgan fingerprint density at radius 3 is 2.82 bits per heavy atom. The fraction of sp³-hybridized carbons (Fsp3) is 0.370. The molecule has 0 bridgehead atoms. The van der Waals surface area contributed by atoms with Gasteiger partial charge in [0.05, 0.1) is 11.3 Å². The van der Waals surface area contributed by atoms with E-state index < -0.39 is 6.04 Å². The second kappa shape index (κ2) is 8.97. The van der Waals surface area contributed by atoms with Crippen molar-refractivity contribution in [3.05, 3.63) is 59.8 Å². The molecule has 0 unspecified atom stereocenters. The number of aryl methyl sites for hydroxylation is 1. The zero-order valence-electron chi connectivity index (χ0n) is 19.6. The van der Waals surface area contributed by atoms with Gasteiger partial charge in [-0.25, -0.2) is 0 Å². The molecule has 3 heterocycles. The molecule has 1 atom stereocenters. The van der Waals surface area contributed by atoms with Gasteiger partial charge >= 0.3 is 0 Å². The smallest absolute Gasteiger partial charge is 0.256 e. The van der Waals surface area contributed by atoms with Gasteiger partial charge in [0.1, 0.15) is 6.04 Å². The highest BCUT2D eigenvalue weighted by Gasteiger charge is 2.38. The highest BCUT2D eigenvalue weighted by molar-refractivity contribution is 6.11. The van der Waals surface area contributed by atoms with Gasteiger partial charge in [-0.3, -0.25) is 14.4 Å². The van der Waals surface area contributed by atoms with Crippen molar-refractivity contribution in [1.29, 1.82) is 0 Å². The summed E-state index contributed by atoms with van der Waals surface area (Å²) in [7, 11) is 0. The van der Waals surface area contributed by atoms with Gasteiger partial charge in [0.15, 0.2) is 0 Å². The lowest BCUT2D eigenvalue weighted by atomic mass is 10.1. The summed E-state index contributed by atoms with van der Waals surface area (Å²) in [6, 6.07) is 13.5. The predicted molar refractivity (Wildman–Crippen MR) is 133 cm³/mol. The molecule has 2 aliphatic rings. The molecule has 7 nitrogen and oxygen atoms in total. The minimum Gasteiger partial charge on any atom is -0.345 e. The normalized spacial score (nSPS) is 17.5. The number of nitrogens with zero attached hydrogens (tertiary/aromatic N) is 2. The number of aromatic nitrogens is 1. The Morgan fingerprint density at radius 1 is 1.18 bits per heavy atom. The van der Waals surface area contributed by atoms with Crippen molar-refractivity contribution in [3.63, 3.8) is 0 Å². The number of carbonyl (C=O) groups excluding carboxylic acids is 3. The van der Waals surface area contributed by atoms with Crippen molar-refractivity contribution in [2.24, 2.45) is 0 Å². The zero-order chi connectivity index (χ0) is 23.8. The molecule has 2 aliphatic heterocycles. The van der Waals surface area contributed by atoms with Crippen LogP contribution in [0.3, 0.4) is 0 Å². The Kier molecular flexibility index (Phi) is 5.86. The van der Waals surface area contributed by atoms with Crippen LogP contribution in [-0.4, -0.2) is 39.8 Å². The molecular weight excluding hydrogens is 428 g/mol. The van der Waals surface area contributed by atoms with E-state index in [2.05, 4.69) is 59.5 Å². The van der Waals surface area contributed by atoms with Crippen LogP contribution in [-0.2, 0) is 16.0 Å². The molecule has 0 aliphatic carbocycles. The third-order valence-corrected chi connectivity index (χ3v) is 6.84. The molecule has 1 saturated heterocycles. The first kappa shape index (κ1) is 22.2. The monoisotopic (exact) mass is 458 g/mol. The quantitative estimate of drug-likeness (QED) is 0.560. The molecule has 2 N–H and O–H groups in total. The maximum atomic E-state index is 13.0. The topological polar surface area (TPSA) is 83.4 Å². The highest BCUT2D eigenvalue weighted by atomic mass is 16.2. The van der Waals surface area contributed by atoms with Crippen LogP contribution in [0, 0.1) is 0 Å². The zero-order valence-corrected chi connectivity index (χ0v) is 19.6. The number of benzene rings is 2. The lowest BCUT2D eigenvalue weighted by Crippen LogP contribution is -2.40. The summed E-state index contributed by atoms with van der Waals surface area (Å²) < 4.78 is 2.28. The Hall–Kier alpha value is -3.61. The molecule has 3 amide bonds. The second-order valence-electron chi connectivity index (χ2n) is 9.48. The highest BCUT2D eigenvalue weighted by Crippen LogP contribution is 2.31. The molecule has 7 heteroatoms. The third kappa shape index (κ3) is 4.06. The number of amides is 3. The minimum absolute atomic E-state index is 0.0864. The molecule has 1 aromatic heterocycles. The number of hydrogen-bond acceptors (Lipinski definition) is 3. The Bertz CT molecular complexity index is 1280. The van der Waals surface area contributed by atoms with Crippen molar-refractivity contribution in [2.75, 3.05) is 17.2 Å². The summed E-state index contributed by atoms with van der Waals surface area (Å²) in [6.45, 7) is 4.93.